The molecule has 3 aromatic rings. The number of rotatable bonds is 5. The normalized spacial score (nSPS) is 20.4. The number of aliphatic hydroxyl groups is 1. The van der Waals surface area contributed by atoms with Crippen LogP contribution in [0.4, 0.5) is 19.5 Å². The Kier molecular flexibility index (Phi) is 5.63. The number of hydrogen-bond donors (Lipinski definition) is 1. The molecule has 3 saturated heterocycles. The van der Waals surface area contributed by atoms with Crippen molar-refractivity contribution in [2.24, 2.45) is 0 Å². The Balaban J connectivity index is 1.46. The summed E-state index contributed by atoms with van der Waals surface area (Å²) in [4.78, 5) is 25.1. The van der Waals surface area contributed by atoms with Crippen molar-refractivity contribution in [2.45, 2.75) is 70.4 Å². The lowest BCUT2D eigenvalue weighted by atomic mass is 9.88. The summed E-state index contributed by atoms with van der Waals surface area (Å²) in [6.07, 6.45) is -1.73. The molecule has 3 fully saturated rings. The first-order valence-electron chi connectivity index (χ1n) is 11.6. The maximum absolute atomic E-state index is 14.6. The molecule has 13 heteroatoms. The maximum atomic E-state index is 14.6. The summed E-state index contributed by atoms with van der Waals surface area (Å²) in [6.45, 7) is 8.39. The second kappa shape index (κ2) is 8.23. The first-order valence-corrected chi connectivity index (χ1v) is 12.5. The lowest BCUT2D eigenvalue weighted by molar-refractivity contribution is -0.275. The zero-order valence-corrected chi connectivity index (χ0v) is 21.4. The number of alkyl halides is 2. The predicted molar refractivity (Wildman–Crippen MR) is 128 cm³/mol. The first-order chi connectivity index (χ1) is 16.7. The van der Waals surface area contributed by atoms with Gasteiger partial charge in [-0.2, -0.15) is 13.8 Å². The van der Waals surface area contributed by atoms with Crippen LogP contribution in [0.1, 0.15) is 41.0 Å². The number of pyridine rings is 1. The van der Waals surface area contributed by atoms with E-state index in [1.807, 2.05) is 25.7 Å². The van der Waals surface area contributed by atoms with Crippen LogP contribution in [0, 0.1) is 0 Å². The summed E-state index contributed by atoms with van der Waals surface area (Å²) < 4.78 is 41.1. The monoisotopic (exact) mass is 522 g/mol. The van der Waals surface area contributed by atoms with E-state index in [1.165, 1.54) is 21.9 Å². The Morgan fingerprint density at radius 2 is 1.86 bits per heavy atom. The van der Waals surface area contributed by atoms with Gasteiger partial charge in [-0.05, 0) is 53.2 Å². The molecule has 0 spiro atoms. The van der Waals surface area contributed by atoms with Crippen molar-refractivity contribution in [3.63, 3.8) is 0 Å². The van der Waals surface area contributed by atoms with Gasteiger partial charge in [-0.3, -0.25) is 4.90 Å². The molecule has 2 bridgehead atoms. The number of halogens is 2. The summed E-state index contributed by atoms with van der Waals surface area (Å²) in [5.74, 6) is 0.104. The van der Waals surface area contributed by atoms with Crippen molar-refractivity contribution in [2.75, 3.05) is 18.0 Å². The van der Waals surface area contributed by atoms with E-state index in [2.05, 4.69) is 15.1 Å². The molecule has 1 amide bonds. The standard InChI is InChI=1S/C23H28F2N6O4S/c1-21(2,3)35-20(32)30-13-10-14(30)12-29(11-13)19-27-17-16(34-23(24,25)22(4,5)33)7-6-15(31(17)28-19)18-26-8-9-36-18/h6-9,13-14,33H,10-12H2,1-5H3. The van der Waals surface area contributed by atoms with E-state index in [9.17, 15) is 18.7 Å². The lowest BCUT2D eigenvalue weighted by Gasteiger charge is -2.55. The van der Waals surface area contributed by atoms with E-state index < -0.39 is 17.3 Å². The van der Waals surface area contributed by atoms with Crippen molar-refractivity contribution < 1.29 is 28.2 Å². The molecule has 194 valence electrons. The van der Waals surface area contributed by atoms with Crippen LogP contribution < -0.4 is 9.64 Å². The SMILES string of the molecule is CC(C)(C)OC(=O)N1C2CC1CN(c1nc3c(OC(F)(F)C(C)(C)O)ccc(-c4nccs4)n3n1)C2. The molecule has 0 aromatic carbocycles. The van der Waals surface area contributed by atoms with Gasteiger partial charge in [0.2, 0.25) is 11.6 Å². The van der Waals surface area contributed by atoms with Gasteiger partial charge in [-0.1, -0.05) is 0 Å². The minimum absolute atomic E-state index is 0.0566. The van der Waals surface area contributed by atoms with Crippen LogP contribution in [-0.4, -0.2) is 78.2 Å². The fourth-order valence-corrected chi connectivity index (χ4v) is 4.95. The minimum Gasteiger partial charge on any atom is -0.444 e. The highest BCUT2D eigenvalue weighted by molar-refractivity contribution is 7.13. The summed E-state index contributed by atoms with van der Waals surface area (Å²) >= 11 is 1.37. The molecule has 2 atom stereocenters. The Labute approximate surface area is 210 Å². The number of aromatic nitrogens is 4. The summed E-state index contributed by atoms with van der Waals surface area (Å²) in [5.41, 5.74) is -2.36. The zero-order chi connectivity index (χ0) is 26.0. The van der Waals surface area contributed by atoms with Gasteiger partial charge in [0.25, 0.3) is 0 Å². The number of piperazine rings is 1. The highest BCUT2D eigenvalue weighted by atomic mass is 32.1. The molecule has 36 heavy (non-hydrogen) atoms. The van der Waals surface area contributed by atoms with Gasteiger partial charge >= 0.3 is 12.2 Å². The first kappa shape index (κ1) is 24.6. The van der Waals surface area contributed by atoms with E-state index in [-0.39, 0.29) is 29.6 Å². The molecule has 0 saturated carbocycles. The fraction of sp³-hybridized carbons (Fsp3) is 0.565. The minimum atomic E-state index is -3.87. The third-order valence-corrected chi connectivity index (χ3v) is 6.91. The molecule has 1 N–H and O–H groups in total. The number of fused-ring (bicyclic) bond motifs is 3. The molecule has 6 rings (SSSR count). The predicted octanol–water partition coefficient (Wildman–Crippen LogP) is 3.79. The summed E-state index contributed by atoms with van der Waals surface area (Å²) in [6, 6.07) is 2.85. The summed E-state index contributed by atoms with van der Waals surface area (Å²) in [5, 5.41) is 16.9. The average molecular weight is 523 g/mol. The smallest absolute Gasteiger partial charge is 0.426 e. The molecule has 0 radical (unpaired) electrons. The van der Waals surface area contributed by atoms with Crippen LogP contribution in [0.2, 0.25) is 0 Å². The number of thiazole rings is 1. The van der Waals surface area contributed by atoms with Crippen LogP contribution >= 0.6 is 11.3 Å². The van der Waals surface area contributed by atoms with Gasteiger partial charge in [0.1, 0.15) is 16.3 Å². The third-order valence-electron chi connectivity index (χ3n) is 6.12. The van der Waals surface area contributed by atoms with Crippen LogP contribution in [0.3, 0.4) is 0 Å². The van der Waals surface area contributed by atoms with E-state index in [4.69, 9.17) is 9.47 Å². The number of nitrogens with zero attached hydrogens (tertiary/aromatic N) is 6. The number of anilines is 1. The van der Waals surface area contributed by atoms with E-state index in [1.54, 1.807) is 22.5 Å². The molecule has 3 aliphatic heterocycles. The number of ether oxygens (including phenoxy) is 2. The second-order valence-corrected chi connectivity index (χ2v) is 11.5. The lowest BCUT2D eigenvalue weighted by Crippen LogP contribution is -2.70. The fourth-order valence-electron chi connectivity index (χ4n) is 4.30. The van der Waals surface area contributed by atoms with Gasteiger partial charge in [0, 0.05) is 24.7 Å². The zero-order valence-electron chi connectivity index (χ0n) is 20.6. The molecule has 3 aliphatic rings. The van der Waals surface area contributed by atoms with Crippen LogP contribution in [0.25, 0.3) is 16.3 Å². The Bertz CT molecular complexity index is 1270. The summed E-state index contributed by atoms with van der Waals surface area (Å²) in [7, 11) is 0. The molecule has 10 nitrogen and oxygen atoms in total. The molecule has 2 unspecified atom stereocenters. The molecular formula is C23H28F2N6O4S. The highest BCUT2D eigenvalue weighted by Gasteiger charge is 2.50. The average Bonchev–Trinajstić information content (AvgIpc) is 3.42. The van der Waals surface area contributed by atoms with Crippen LogP contribution in [0.5, 0.6) is 5.75 Å². The van der Waals surface area contributed by atoms with Crippen molar-refractivity contribution in [3.8, 4) is 16.5 Å². The van der Waals surface area contributed by atoms with Crippen molar-refractivity contribution in [1.29, 1.82) is 0 Å². The van der Waals surface area contributed by atoms with Gasteiger partial charge in [-0.25, -0.2) is 14.3 Å². The van der Waals surface area contributed by atoms with E-state index >= 15 is 0 Å². The van der Waals surface area contributed by atoms with E-state index in [0.29, 0.717) is 29.7 Å². The largest absolute Gasteiger partial charge is 0.444 e. The Morgan fingerprint density at radius 1 is 1.17 bits per heavy atom. The number of amides is 1. The van der Waals surface area contributed by atoms with Crippen molar-refractivity contribution in [1.82, 2.24) is 24.5 Å². The molecule has 3 aromatic heterocycles. The third kappa shape index (κ3) is 4.34. The van der Waals surface area contributed by atoms with Gasteiger partial charge in [-0.15, -0.1) is 16.4 Å². The van der Waals surface area contributed by atoms with E-state index in [0.717, 1.165) is 20.3 Å². The van der Waals surface area contributed by atoms with Crippen molar-refractivity contribution >= 4 is 29.0 Å². The van der Waals surface area contributed by atoms with Gasteiger partial charge in [0.05, 0.1) is 12.1 Å². The molecule has 6 heterocycles. The Morgan fingerprint density at radius 3 is 2.44 bits per heavy atom. The van der Waals surface area contributed by atoms with Gasteiger partial charge in [0.15, 0.2) is 11.4 Å². The Hall–Kier alpha value is -3.06. The van der Waals surface area contributed by atoms with Crippen LogP contribution in [-0.2, 0) is 4.74 Å². The number of carbonyl (C=O) groups excluding carboxylic acids is 1. The quantitative estimate of drug-likeness (QED) is 0.540. The second-order valence-electron chi connectivity index (χ2n) is 10.6. The number of piperidine rings is 1. The number of carbonyl (C=O) groups is 1. The highest BCUT2D eigenvalue weighted by Crippen LogP contribution is 2.38. The molecular weight excluding hydrogens is 494 g/mol. The number of hydrogen-bond acceptors (Lipinski definition) is 9. The van der Waals surface area contributed by atoms with Crippen molar-refractivity contribution in [3.05, 3.63) is 23.7 Å². The maximum Gasteiger partial charge on any atom is 0.426 e. The van der Waals surface area contributed by atoms with Gasteiger partial charge < -0.3 is 19.5 Å². The molecule has 0 aliphatic carbocycles. The van der Waals surface area contributed by atoms with Crippen LogP contribution in [0.15, 0.2) is 23.7 Å². The topological polar surface area (TPSA) is 105 Å².